The molecule has 0 radical (unpaired) electrons. The fourth-order valence-electron chi connectivity index (χ4n) is 2.97. The van der Waals surface area contributed by atoms with E-state index in [2.05, 4.69) is 46.1 Å². The molecule has 0 spiro atoms. The van der Waals surface area contributed by atoms with Gasteiger partial charge in [-0.25, -0.2) is 0 Å². The van der Waals surface area contributed by atoms with E-state index in [-0.39, 0.29) is 0 Å². The number of nitrogens with zero attached hydrogens (tertiary/aromatic N) is 2. The van der Waals surface area contributed by atoms with Crippen molar-refractivity contribution in [2.75, 3.05) is 33.3 Å². The highest BCUT2D eigenvalue weighted by molar-refractivity contribution is 5.85. The molecule has 4 nitrogen and oxygen atoms in total. The number of hydrogen-bond acceptors (Lipinski definition) is 3. The number of fused-ring (bicyclic) bond motifs is 1. The molecule has 1 fully saturated rings. The minimum absolute atomic E-state index is 0.930. The van der Waals surface area contributed by atoms with Crippen molar-refractivity contribution in [3.63, 3.8) is 0 Å². The van der Waals surface area contributed by atoms with Crippen LogP contribution < -0.4 is 10.1 Å². The molecule has 2 heterocycles. The summed E-state index contributed by atoms with van der Waals surface area (Å²) < 4.78 is 7.66. The smallest absolute Gasteiger partial charge is 0.120 e. The fraction of sp³-hybridized carbons (Fsp3) is 0.500. The summed E-state index contributed by atoms with van der Waals surface area (Å²) in [5.41, 5.74) is 2.70. The molecular formula is C16H23N3O. The molecule has 1 aromatic carbocycles. The van der Waals surface area contributed by atoms with Crippen molar-refractivity contribution in [1.29, 1.82) is 0 Å². The Kier molecular flexibility index (Phi) is 3.94. The molecule has 1 aliphatic heterocycles. The van der Waals surface area contributed by atoms with Crippen LogP contribution in [0.2, 0.25) is 0 Å². The zero-order valence-electron chi connectivity index (χ0n) is 12.4. The topological polar surface area (TPSA) is 29.4 Å². The lowest BCUT2D eigenvalue weighted by molar-refractivity contribution is 0.234. The Balaban J connectivity index is 1.93. The van der Waals surface area contributed by atoms with Gasteiger partial charge in [-0.2, -0.15) is 0 Å². The minimum atomic E-state index is 0.930. The molecule has 4 heteroatoms. The van der Waals surface area contributed by atoms with Crippen LogP contribution >= 0.6 is 0 Å². The van der Waals surface area contributed by atoms with E-state index in [1.807, 2.05) is 0 Å². The number of rotatable bonds is 4. The molecule has 0 amide bonds. The number of aryl methyl sites for hydroxylation is 1. The van der Waals surface area contributed by atoms with E-state index in [1.165, 1.54) is 16.5 Å². The third kappa shape index (κ3) is 2.53. The van der Waals surface area contributed by atoms with Gasteiger partial charge in [0.1, 0.15) is 5.75 Å². The Bertz CT molecular complexity index is 585. The van der Waals surface area contributed by atoms with Gasteiger partial charge in [0.15, 0.2) is 0 Å². The summed E-state index contributed by atoms with van der Waals surface area (Å²) in [6, 6.07) is 6.39. The van der Waals surface area contributed by atoms with E-state index >= 15 is 0 Å². The van der Waals surface area contributed by atoms with E-state index in [1.54, 1.807) is 7.11 Å². The fourth-order valence-corrected chi connectivity index (χ4v) is 2.97. The molecule has 108 valence electrons. The lowest BCUT2D eigenvalue weighted by atomic mass is 10.1. The van der Waals surface area contributed by atoms with E-state index in [0.29, 0.717) is 0 Å². The van der Waals surface area contributed by atoms with Crippen molar-refractivity contribution >= 4 is 10.9 Å². The van der Waals surface area contributed by atoms with Crippen molar-refractivity contribution in [2.45, 2.75) is 20.0 Å². The Morgan fingerprint density at radius 3 is 2.75 bits per heavy atom. The SMILES string of the molecule is CCn1cc(CN2CCNCC2)c2ccc(OC)cc21. The van der Waals surface area contributed by atoms with Crippen molar-refractivity contribution in [1.82, 2.24) is 14.8 Å². The van der Waals surface area contributed by atoms with Crippen LogP contribution in [0.4, 0.5) is 0 Å². The first kappa shape index (κ1) is 13.5. The van der Waals surface area contributed by atoms with Crippen LogP contribution in [-0.2, 0) is 13.1 Å². The van der Waals surface area contributed by atoms with Gasteiger partial charge in [-0.3, -0.25) is 4.90 Å². The van der Waals surface area contributed by atoms with Gasteiger partial charge in [0.05, 0.1) is 12.6 Å². The number of methoxy groups -OCH3 is 1. The van der Waals surface area contributed by atoms with Crippen molar-refractivity contribution in [2.24, 2.45) is 0 Å². The zero-order chi connectivity index (χ0) is 13.9. The Hall–Kier alpha value is -1.52. The molecule has 0 aliphatic carbocycles. The molecule has 0 saturated carbocycles. The maximum absolute atomic E-state index is 5.35. The molecule has 3 rings (SSSR count). The van der Waals surface area contributed by atoms with Gasteiger partial charge in [-0.1, -0.05) is 0 Å². The largest absolute Gasteiger partial charge is 0.497 e. The molecule has 20 heavy (non-hydrogen) atoms. The van der Waals surface area contributed by atoms with Crippen LogP contribution in [0, 0.1) is 0 Å². The van der Waals surface area contributed by atoms with E-state index in [4.69, 9.17) is 4.74 Å². The van der Waals surface area contributed by atoms with Crippen molar-refractivity contribution in [3.05, 3.63) is 30.0 Å². The van der Waals surface area contributed by atoms with Crippen LogP contribution in [-0.4, -0.2) is 42.8 Å². The van der Waals surface area contributed by atoms with E-state index in [9.17, 15) is 0 Å². The van der Waals surface area contributed by atoms with Gasteiger partial charge in [0, 0.05) is 56.9 Å². The zero-order valence-corrected chi connectivity index (χ0v) is 12.4. The van der Waals surface area contributed by atoms with Gasteiger partial charge in [0.25, 0.3) is 0 Å². The maximum Gasteiger partial charge on any atom is 0.120 e. The number of benzene rings is 1. The summed E-state index contributed by atoms with van der Waals surface area (Å²) in [5.74, 6) is 0.930. The average Bonchev–Trinajstić information content (AvgIpc) is 2.85. The van der Waals surface area contributed by atoms with Crippen LogP contribution in [0.1, 0.15) is 12.5 Å². The Labute approximate surface area is 120 Å². The third-order valence-electron chi connectivity index (χ3n) is 4.12. The molecular weight excluding hydrogens is 250 g/mol. The van der Waals surface area contributed by atoms with Crippen LogP contribution in [0.25, 0.3) is 10.9 Å². The summed E-state index contributed by atoms with van der Waals surface area (Å²) in [6.45, 7) is 8.68. The second-order valence-corrected chi connectivity index (χ2v) is 5.35. The van der Waals surface area contributed by atoms with Crippen LogP contribution in [0.3, 0.4) is 0 Å². The van der Waals surface area contributed by atoms with Crippen LogP contribution in [0.15, 0.2) is 24.4 Å². The number of aromatic nitrogens is 1. The van der Waals surface area contributed by atoms with E-state index < -0.39 is 0 Å². The lowest BCUT2D eigenvalue weighted by Gasteiger charge is -2.26. The highest BCUT2D eigenvalue weighted by Gasteiger charge is 2.14. The van der Waals surface area contributed by atoms with Crippen molar-refractivity contribution in [3.8, 4) is 5.75 Å². The van der Waals surface area contributed by atoms with Gasteiger partial charge >= 0.3 is 0 Å². The summed E-state index contributed by atoms with van der Waals surface area (Å²) in [5, 5.41) is 4.76. The van der Waals surface area contributed by atoms with Crippen LogP contribution in [0.5, 0.6) is 5.75 Å². The summed E-state index contributed by atoms with van der Waals surface area (Å²) >= 11 is 0. The van der Waals surface area contributed by atoms with Gasteiger partial charge in [0.2, 0.25) is 0 Å². The number of piperazine rings is 1. The normalized spacial score (nSPS) is 16.7. The molecule has 1 saturated heterocycles. The molecule has 2 aromatic rings. The first-order valence-corrected chi connectivity index (χ1v) is 7.40. The number of ether oxygens (including phenoxy) is 1. The molecule has 0 unspecified atom stereocenters. The molecule has 1 N–H and O–H groups in total. The third-order valence-corrected chi connectivity index (χ3v) is 4.12. The number of nitrogens with one attached hydrogen (secondary N) is 1. The molecule has 1 aliphatic rings. The lowest BCUT2D eigenvalue weighted by Crippen LogP contribution is -2.42. The predicted octanol–water partition coefficient (Wildman–Crippen LogP) is 2.08. The van der Waals surface area contributed by atoms with Gasteiger partial charge < -0.3 is 14.6 Å². The first-order chi connectivity index (χ1) is 9.81. The highest BCUT2D eigenvalue weighted by Crippen LogP contribution is 2.26. The highest BCUT2D eigenvalue weighted by atomic mass is 16.5. The summed E-state index contributed by atoms with van der Waals surface area (Å²) in [4.78, 5) is 2.52. The Morgan fingerprint density at radius 2 is 2.05 bits per heavy atom. The Morgan fingerprint density at radius 1 is 1.25 bits per heavy atom. The van der Waals surface area contributed by atoms with Crippen molar-refractivity contribution < 1.29 is 4.74 Å². The predicted molar refractivity (Wildman–Crippen MR) is 82.3 cm³/mol. The average molecular weight is 273 g/mol. The maximum atomic E-state index is 5.35. The summed E-state index contributed by atoms with van der Waals surface area (Å²) in [7, 11) is 1.72. The monoisotopic (exact) mass is 273 g/mol. The first-order valence-electron chi connectivity index (χ1n) is 7.40. The van der Waals surface area contributed by atoms with Gasteiger partial charge in [-0.15, -0.1) is 0 Å². The molecule has 1 aromatic heterocycles. The second kappa shape index (κ2) is 5.85. The van der Waals surface area contributed by atoms with Gasteiger partial charge in [-0.05, 0) is 24.6 Å². The minimum Gasteiger partial charge on any atom is -0.497 e. The number of hydrogen-bond donors (Lipinski definition) is 1. The quantitative estimate of drug-likeness (QED) is 0.925. The standard InChI is InChI=1S/C16H23N3O/c1-3-19-12-13(11-18-8-6-17-7-9-18)15-5-4-14(20-2)10-16(15)19/h4-5,10,12,17H,3,6-9,11H2,1-2H3. The molecule has 0 bridgehead atoms. The summed E-state index contributed by atoms with van der Waals surface area (Å²) in [6.07, 6.45) is 2.30. The molecule has 0 atom stereocenters. The van der Waals surface area contributed by atoms with E-state index in [0.717, 1.165) is 45.0 Å². The second-order valence-electron chi connectivity index (χ2n) is 5.35.